The van der Waals surface area contributed by atoms with Crippen LogP contribution in [-0.2, 0) is 0 Å². The molecule has 4 aliphatic rings. The second-order valence-corrected chi connectivity index (χ2v) is 14.2. The number of hydrogen-bond donors (Lipinski definition) is 0. The molecule has 11 rings (SSSR count). The second kappa shape index (κ2) is 10.3. The Balaban J connectivity index is 1.38. The Morgan fingerprint density at radius 1 is 0.420 bits per heavy atom. The lowest BCUT2D eigenvalue weighted by atomic mass is 9.37. The summed E-state index contributed by atoms with van der Waals surface area (Å²) in [5.41, 5.74) is 21.2. The van der Waals surface area contributed by atoms with Gasteiger partial charge < -0.3 is 14.5 Å². The third kappa shape index (κ3) is 3.52. The number of fused-ring (bicyclic) bond motifs is 10. The largest absolute Gasteiger partial charge is 0.376 e. The van der Waals surface area contributed by atoms with Gasteiger partial charge in [-0.3, -0.25) is 0 Å². The van der Waals surface area contributed by atoms with Crippen LogP contribution in [0.4, 0.5) is 39.8 Å². The highest BCUT2D eigenvalue weighted by atomic mass is 15.2. The van der Waals surface area contributed by atoms with Crippen LogP contribution in [0.1, 0.15) is 25.3 Å². The van der Waals surface area contributed by atoms with Gasteiger partial charge in [0.25, 0.3) is 0 Å². The van der Waals surface area contributed by atoms with E-state index in [0.29, 0.717) is 5.92 Å². The SMILES string of the molecule is CC(C)c1c2c3c4c5c1-c1ccccc1N(c1ccccc1)B5c1ccccc1N4c1ccccc1B3N(c1ccccc1)c1ccccc1-2. The molecule has 7 aromatic rings. The molecule has 0 radical (unpaired) electrons. The third-order valence-corrected chi connectivity index (χ3v) is 11.3. The zero-order chi connectivity index (χ0) is 33.1. The van der Waals surface area contributed by atoms with Gasteiger partial charge in [-0.1, -0.05) is 123 Å². The molecule has 0 aliphatic carbocycles. The zero-order valence-corrected chi connectivity index (χ0v) is 28.1. The van der Waals surface area contributed by atoms with Gasteiger partial charge in [-0.05, 0) is 93.0 Å². The molecule has 0 bridgehead atoms. The predicted octanol–water partition coefficient (Wildman–Crippen LogP) is 8.76. The maximum Gasteiger partial charge on any atom is 0.333 e. The van der Waals surface area contributed by atoms with Crippen LogP contribution in [0.15, 0.2) is 158 Å². The monoisotopic (exact) mass is 637 g/mol. The summed E-state index contributed by atoms with van der Waals surface area (Å²) in [5.74, 6) is 0.290. The Morgan fingerprint density at radius 2 is 0.800 bits per heavy atom. The molecule has 4 aliphatic heterocycles. The van der Waals surface area contributed by atoms with Gasteiger partial charge in [0.1, 0.15) is 0 Å². The van der Waals surface area contributed by atoms with E-state index in [2.05, 4.69) is 186 Å². The van der Waals surface area contributed by atoms with Crippen molar-refractivity contribution in [2.45, 2.75) is 19.8 Å². The van der Waals surface area contributed by atoms with E-state index in [1.165, 1.54) is 89.5 Å². The Bertz CT molecular complexity index is 2340. The number of hydrogen-bond acceptors (Lipinski definition) is 3. The van der Waals surface area contributed by atoms with Crippen molar-refractivity contribution in [3.63, 3.8) is 0 Å². The topological polar surface area (TPSA) is 9.72 Å². The Kier molecular flexibility index (Phi) is 5.75. The minimum Gasteiger partial charge on any atom is -0.376 e. The van der Waals surface area contributed by atoms with Crippen LogP contribution in [-0.4, -0.2) is 13.7 Å². The molecule has 0 fully saturated rings. The minimum absolute atomic E-state index is 0.000748. The van der Waals surface area contributed by atoms with Gasteiger partial charge in [-0.2, -0.15) is 0 Å². The molecule has 234 valence electrons. The van der Waals surface area contributed by atoms with Crippen molar-refractivity contribution in [3.05, 3.63) is 163 Å². The molecular formula is C45H33B2N3. The van der Waals surface area contributed by atoms with Crippen LogP contribution in [0.5, 0.6) is 0 Å². The molecular weight excluding hydrogens is 604 g/mol. The molecule has 50 heavy (non-hydrogen) atoms. The van der Waals surface area contributed by atoms with Crippen molar-refractivity contribution in [2.75, 3.05) is 14.5 Å². The normalized spacial score (nSPS) is 14.2. The molecule has 7 aromatic carbocycles. The first-order chi connectivity index (χ1) is 24.7. The van der Waals surface area contributed by atoms with Crippen LogP contribution in [0.2, 0.25) is 0 Å². The lowest BCUT2D eigenvalue weighted by Gasteiger charge is -2.53. The van der Waals surface area contributed by atoms with Crippen LogP contribution in [0.3, 0.4) is 0 Å². The highest BCUT2D eigenvalue weighted by molar-refractivity contribution is 6.98. The van der Waals surface area contributed by atoms with Crippen LogP contribution < -0.4 is 36.4 Å². The number of rotatable bonds is 3. The maximum absolute atomic E-state index is 2.62. The van der Waals surface area contributed by atoms with E-state index in [9.17, 15) is 0 Å². The minimum atomic E-state index is 0.000748. The zero-order valence-electron chi connectivity index (χ0n) is 28.1. The highest BCUT2D eigenvalue weighted by Crippen LogP contribution is 2.54. The van der Waals surface area contributed by atoms with Gasteiger partial charge in [-0.25, -0.2) is 0 Å². The van der Waals surface area contributed by atoms with E-state index in [0.717, 1.165) is 0 Å². The second-order valence-electron chi connectivity index (χ2n) is 14.2. The standard InChI is InChI=1S/C45H33B2N3/c1-29(2)40-41-32-21-9-13-25-36(32)49(30-17-5-3-6-18-30)46-34-23-11-15-27-38(34)48-39-28-16-12-24-35(39)47-44(45(48)43(41)46)42(40)33-22-10-14-26-37(33)50(47)31-19-7-4-8-20-31/h3-29H,1-2H3. The molecule has 0 atom stereocenters. The van der Waals surface area contributed by atoms with E-state index < -0.39 is 0 Å². The van der Waals surface area contributed by atoms with Gasteiger partial charge in [-0.15, -0.1) is 0 Å². The van der Waals surface area contributed by atoms with Crippen LogP contribution in [0, 0.1) is 0 Å². The molecule has 0 N–H and O–H groups in total. The summed E-state index contributed by atoms with van der Waals surface area (Å²) in [6.07, 6.45) is 0. The molecule has 0 spiro atoms. The first-order valence-electron chi connectivity index (χ1n) is 17.8. The summed E-state index contributed by atoms with van der Waals surface area (Å²) in [7, 11) is 0. The third-order valence-electron chi connectivity index (χ3n) is 11.3. The fourth-order valence-corrected chi connectivity index (χ4v) is 9.61. The molecule has 0 aromatic heterocycles. The van der Waals surface area contributed by atoms with Gasteiger partial charge >= 0.3 is 13.7 Å². The summed E-state index contributed by atoms with van der Waals surface area (Å²) in [6.45, 7) is 4.80. The van der Waals surface area contributed by atoms with Gasteiger partial charge in [0.05, 0.1) is 0 Å². The summed E-state index contributed by atoms with van der Waals surface area (Å²) in [4.78, 5) is 7.85. The van der Waals surface area contributed by atoms with Crippen LogP contribution >= 0.6 is 0 Å². The lowest BCUT2D eigenvalue weighted by molar-refractivity contribution is 0.872. The maximum atomic E-state index is 2.62. The van der Waals surface area contributed by atoms with E-state index in [-0.39, 0.29) is 13.7 Å². The summed E-state index contributed by atoms with van der Waals surface area (Å²) < 4.78 is 0. The fraction of sp³-hybridized carbons (Fsp3) is 0.0667. The number of anilines is 7. The Hall–Kier alpha value is -5.93. The summed E-state index contributed by atoms with van der Waals surface area (Å²) in [5, 5.41) is 0. The fourth-order valence-electron chi connectivity index (χ4n) is 9.61. The molecule has 0 saturated carbocycles. The Labute approximate surface area is 294 Å². The van der Waals surface area contributed by atoms with E-state index in [1.54, 1.807) is 0 Å². The molecule has 3 nitrogen and oxygen atoms in total. The number of para-hydroxylation sites is 6. The van der Waals surface area contributed by atoms with Gasteiger partial charge in [0, 0.05) is 50.9 Å². The van der Waals surface area contributed by atoms with Crippen molar-refractivity contribution in [2.24, 2.45) is 0 Å². The average molecular weight is 637 g/mol. The first-order valence-corrected chi connectivity index (χ1v) is 17.8. The van der Waals surface area contributed by atoms with Gasteiger partial charge in [0.2, 0.25) is 0 Å². The lowest BCUT2D eigenvalue weighted by Crippen LogP contribution is -2.69. The molecule has 0 saturated heterocycles. The number of benzene rings is 7. The highest BCUT2D eigenvalue weighted by Gasteiger charge is 2.54. The van der Waals surface area contributed by atoms with Crippen molar-refractivity contribution in [1.82, 2.24) is 0 Å². The van der Waals surface area contributed by atoms with E-state index in [1.807, 2.05) is 0 Å². The quantitative estimate of drug-likeness (QED) is 0.180. The Morgan fingerprint density at radius 3 is 1.24 bits per heavy atom. The molecule has 0 amide bonds. The van der Waals surface area contributed by atoms with Crippen LogP contribution in [0.25, 0.3) is 22.3 Å². The molecule has 0 unspecified atom stereocenters. The van der Waals surface area contributed by atoms with Gasteiger partial charge in [0.15, 0.2) is 0 Å². The van der Waals surface area contributed by atoms with Crippen molar-refractivity contribution in [3.8, 4) is 22.3 Å². The van der Waals surface area contributed by atoms with E-state index >= 15 is 0 Å². The summed E-state index contributed by atoms with van der Waals surface area (Å²) in [6, 6.07) is 58.6. The predicted molar refractivity (Wildman–Crippen MR) is 213 cm³/mol. The van der Waals surface area contributed by atoms with E-state index in [4.69, 9.17) is 0 Å². The first kappa shape index (κ1) is 28.0. The van der Waals surface area contributed by atoms with Crippen molar-refractivity contribution >= 4 is 75.4 Å². The summed E-state index contributed by atoms with van der Waals surface area (Å²) >= 11 is 0. The molecule has 5 heteroatoms. The van der Waals surface area contributed by atoms with Crippen molar-refractivity contribution in [1.29, 1.82) is 0 Å². The number of nitrogens with zero attached hydrogens (tertiary/aromatic N) is 3. The molecule has 4 heterocycles. The average Bonchev–Trinajstić information content (AvgIpc) is 3.18. The smallest absolute Gasteiger partial charge is 0.333 e. The van der Waals surface area contributed by atoms with Crippen molar-refractivity contribution < 1.29 is 0 Å².